The molecule has 0 unspecified atom stereocenters. The molecule has 6 N–H and O–H groups in total. The van der Waals surface area contributed by atoms with Crippen LogP contribution in [0.25, 0.3) is 0 Å². The molecule has 3 aromatic rings. The minimum atomic E-state index is -0.864. The van der Waals surface area contributed by atoms with Crippen molar-refractivity contribution >= 4 is 11.9 Å². The minimum Gasteiger partial charge on any atom is -0.508 e. The summed E-state index contributed by atoms with van der Waals surface area (Å²) in [7, 11) is 0. The van der Waals surface area contributed by atoms with Gasteiger partial charge in [-0.1, -0.05) is 72.8 Å². The van der Waals surface area contributed by atoms with E-state index in [1.54, 1.807) is 24.3 Å². The number of nitrogens with zero attached hydrogens (tertiary/aromatic N) is 2. The largest absolute Gasteiger partial charge is 0.508 e. The molecular formula is C27H32N6O4. The number of hydrogen-bond acceptors (Lipinski definition) is 5. The van der Waals surface area contributed by atoms with Crippen LogP contribution in [-0.4, -0.2) is 41.1 Å². The van der Waals surface area contributed by atoms with Crippen molar-refractivity contribution in [2.45, 2.75) is 31.3 Å². The van der Waals surface area contributed by atoms with E-state index in [-0.39, 0.29) is 23.5 Å². The van der Waals surface area contributed by atoms with E-state index < -0.39 is 11.1 Å². The molecule has 3 rings (SSSR count). The molecule has 37 heavy (non-hydrogen) atoms. The van der Waals surface area contributed by atoms with Gasteiger partial charge in [0.25, 0.3) is 5.96 Å². The Morgan fingerprint density at radius 2 is 1.54 bits per heavy atom. The first kappa shape index (κ1) is 27.2. The van der Waals surface area contributed by atoms with Crippen molar-refractivity contribution in [2.75, 3.05) is 13.1 Å². The number of benzene rings is 3. The predicted molar refractivity (Wildman–Crippen MR) is 142 cm³/mol. The standard InChI is InChI=1S/C27H32N6O4/c28-27(32-33(36)37)29-17-7-12-25(26(35)31-18-20-13-15-23(34)16-14-20)30-19-24(21-8-3-1-4-9-21)22-10-5-2-6-11-22/h1-6,8-11,13-16,24-25,30,34H,7,12,17-19H2,(H,31,35)(H3,28,29,32)/t25-/m1/s1. The Kier molecular flexibility index (Phi) is 10.4. The second-order valence-corrected chi connectivity index (χ2v) is 8.51. The highest BCUT2D eigenvalue weighted by Gasteiger charge is 2.21. The number of hydrogen-bond donors (Lipinski definition) is 5. The van der Waals surface area contributed by atoms with E-state index in [9.17, 15) is 20.0 Å². The van der Waals surface area contributed by atoms with Crippen LogP contribution in [0.1, 0.15) is 35.4 Å². The van der Waals surface area contributed by atoms with Gasteiger partial charge in [0.15, 0.2) is 5.03 Å². The summed E-state index contributed by atoms with van der Waals surface area (Å²) in [5.41, 5.74) is 8.62. The number of nitro groups is 1. The van der Waals surface area contributed by atoms with Crippen molar-refractivity contribution in [2.24, 2.45) is 10.8 Å². The normalized spacial score (nSPS) is 12.2. The Balaban J connectivity index is 1.68. The zero-order chi connectivity index (χ0) is 26.5. The van der Waals surface area contributed by atoms with Crippen LogP contribution in [0.5, 0.6) is 5.75 Å². The Hall–Kier alpha value is -4.44. The number of aromatic hydroxyl groups is 1. The van der Waals surface area contributed by atoms with Crippen molar-refractivity contribution in [1.82, 2.24) is 16.0 Å². The number of phenols is 1. The number of nitrogens with one attached hydrogen (secondary N) is 3. The molecule has 0 aromatic heterocycles. The zero-order valence-electron chi connectivity index (χ0n) is 20.4. The third-order valence-corrected chi connectivity index (χ3v) is 5.86. The van der Waals surface area contributed by atoms with E-state index in [2.05, 4.69) is 45.3 Å². The van der Waals surface area contributed by atoms with Gasteiger partial charge in [0.2, 0.25) is 5.91 Å². The summed E-state index contributed by atoms with van der Waals surface area (Å²) in [5, 5.41) is 31.2. The number of guanidine groups is 1. The van der Waals surface area contributed by atoms with Gasteiger partial charge < -0.3 is 26.8 Å². The number of nitrogens with two attached hydrogens (primary N) is 1. The predicted octanol–water partition coefficient (Wildman–Crippen LogP) is 2.67. The molecule has 0 saturated carbocycles. The maximum absolute atomic E-state index is 13.2. The summed E-state index contributed by atoms with van der Waals surface area (Å²) in [6.45, 7) is 1.18. The first-order chi connectivity index (χ1) is 17.9. The van der Waals surface area contributed by atoms with Crippen LogP contribution in [0.2, 0.25) is 0 Å². The van der Waals surface area contributed by atoms with E-state index in [1.165, 1.54) is 0 Å². The third-order valence-electron chi connectivity index (χ3n) is 5.86. The fraction of sp³-hybridized carbons (Fsp3) is 0.259. The molecular weight excluding hydrogens is 472 g/mol. The quantitative estimate of drug-likeness (QED) is 0.0788. The highest BCUT2D eigenvalue weighted by molar-refractivity contribution is 5.81. The summed E-state index contributed by atoms with van der Waals surface area (Å²) in [6, 6.07) is 26.3. The van der Waals surface area contributed by atoms with Crippen molar-refractivity contribution < 1.29 is 14.9 Å². The van der Waals surface area contributed by atoms with Crippen molar-refractivity contribution in [3.63, 3.8) is 0 Å². The topological polar surface area (TPSA) is 155 Å². The second-order valence-electron chi connectivity index (χ2n) is 8.51. The average molecular weight is 505 g/mol. The summed E-state index contributed by atoms with van der Waals surface area (Å²) in [6.07, 6.45) is 0.996. The minimum absolute atomic E-state index is 0.0378. The Bertz CT molecular complexity index is 1120. The van der Waals surface area contributed by atoms with Gasteiger partial charge in [-0.05, 0) is 41.7 Å². The molecule has 1 atom stereocenters. The van der Waals surface area contributed by atoms with Crippen LogP contribution in [0.3, 0.4) is 0 Å². The summed E-state index contributed by atoms with van der Waals surface area (Å²) in [4.78, 5) is 23.6. The molecule has 0 aliphatic rings. The van der Waals surface area contributed by atoms with Gasteiger partial charge in [-0.3, -0.25) is 4.79 Å². The molecule has 0 radical (unpaired) electrons. The van der Waals surface area contributed by atoms with Crippen LogP contribution in [0, 0.1) is 10.1 Å². The SMILES string of the molecule is NC(=N[N+](=O)[O-])NCCC[C@@H](NCC(c1ccccc1)c1ccccc1)C(=O)NCc1ccc(O)cc1. The fourth-order valence-corrected chi connectivity index (χ4v) is 3.96. The van der Waals surface area contributed by atoms with Gasteiger partial charge in [-0.25, -0.2) is 10.1 Å². The number of carbonyl (C=O) groups is 1. The summed E-state index contributed by atoms with van der Waals surface area (Å²) in [5.74, 6) is -0.245. The molecule has 0 fully saturated rings. The van der Waals surface area contributed by atoms with E-state index in [0.717, 1.165) is 16.7 Å². The maximum Gasteiger partial charge on any atom is 0.266 e. The lowest BCUT2D eigenvalue weighted by Gasteiger charge is -2.24. The van der Waals surface area contributed by atoms with Gasteiger partial charge in [0, 0.05) is 25.6 Å². The Morgan fingerprint density at radius 1 is 0.946 bits per heavy atom. The van der Waals surface area contributed by atoms with E-state index in [1.807, 2.05) is 36.4 Å². The average Bonchev–Trinajstić information content (AvgIpc) is 2.90. The van der Waals surface area contributed by atoms with Crippen LogP contribution in [0.15, 0.2) is 90.0 Å². The molecule has 0 aliphatic carbocycles. The molecule has 1 amide bonds. The molecule has 10 heteroatoms. The molecule has 0 spiro atoms. The summed E-state index contributed by atoms with van der Waals surface area (Å²) < 4.78 is 0. The van der Waals surface area contributed by atoms with E-state index in [0.29, 0.717) is 32.5 Å². The molecule has 0 saturated heterocycles. The van der Waals surface area contributed by atoms with Crippen LogP contribution < -0.4 is 21.7 Å². The van der Waals surface area contributed by atoms with Gasteiger partial charge in [0.05, 0.1) is 6.04 Å². The lowest BCUT2D eigenvalue weighted by Crippen LogP contribution is -2.46. The number of hydrazone groups is 1. The zero-order valence-corrected chi connectivity index (χ0v) is 20.4. The number of amides is 1. The van der Waals surface area contributed by atoms with Crippen LogP contribution in [0.4, 0.5) is 0 Å². The van der Waals surface area contributed by atoms with Crippen molar-refractivity contribution in [3.8, 4) is 5.75 Å². The first-order valence-electron chi connectivity index (χ1n) is 12.0. The van der Waals surface area contributed by atoms with E-state index in [4.69, 9.17) is 5.73 Å². The second kappa shape index (κ2) is 14.2. The van der Waals surface area contributed by atoms with Crippen molar-refractivity contribution in [1.29, 1.82) is 0 Å². The smallest absolute Gasteiger partial charge is 0.266 e. The molecule has 0 heterocycles. The van der Waals surface area contributed by atoms with Gasteiger partial charge in [0.1, 0.15) is 10.9 Å². The molecule has 0 aliphatic heterocycles. The monoisotopic (exact) mass is 504 g/mol. The molecule has 10 nitrogen and oxygen atoms in total. The molecule has 194 valence electrons. The van der Waals surface area contributed by atoms with Gasteiger partial charge >= 0.3 is 0 Å². The third kappa shape index (κ3) is 9.26. The lowest BCUT2D eigenvalue weighted by molar-refractivity contribution is -0.485. The van der Waals surface area contributed by atoms with Crippen LogP contribution in [-0.2, 0) is 11.3 Å². The number of rotatable bonds is 13. The Labute approximate surface area is 215 Å². The van der Waals surface area contributed by atoms with Crippen molar-refractivity contribution in [3.05, 3.63) is 112 Å². The first-order valence-corrected chi connectivity index (χ1v) is 12.0. The van der Waals surface area contributed by atoms with Gasteiger partial charge in [-0.15, -0.1) is 0 Å². The molecule has 3 aromatic carbocycles. The number of carbonyl (C=O) groups excluding carboxylic acids is 1. The van der Waals surface area contributed by atoms with E-state index >= 15 is 0 Å². The summed E-state index contributed by atoms with van der Waals surface area (Å²) >= 11 is 0. The van der Waals surface area contributed by atoms with Gasteiger partial charge in [-0.2, -0.15) is 0 Å². The highest BCUT2D eigenvalue weighted by Crippen LogP contribution is 2.24. The fourth-order valence-electron chi connectivity index (χ4n) is 3.96. The number of phenolic OH excluding ortho intramolecular Hbond substituents is 1. The van der Waals surface area contributed by atoms with Crippen LogP contribution >= 0.6 is 0 Å². The Morgan fingerprint density at radius 3 is 2.11 bits per heavy atom. The highest BCUT2D eigenvalue weighted by atomic mass is 16.7. The molecule has 0 bridgehead atoms. The lowest BCUT2D eigenvalue weighted by atomic mass is 9.91. The maximum atomic E-state index is 13.2.